The molecular formula is C12H19NO. The maximum absolute atomic E-state index is 10.5. The van der Waals surface area contributed by atoms with Gasteiger partial charge in [-0.15, -0.1) is 0 Å². The van der Waals surface area contributed by atoms with E-state index in [0.29, 0.717) is 11.8 Å². The van der Waals surface area contributed by atoms with E-state index >= 15 is 0 Å². The molecule has 0 aromatic heterocycles. The molecule has 0 saturated heterocycles. The van der Waals surface area contributed by atoms with Crippen LogP contribution in [-0.4, -0.2) is 10.7 Å². The van der Waals surface area contributed by atoms with Crippen molar-refractivity contribution in [1.29, 1.82) is 5.26 Å². The van der Waals surface area contributed by atoms with Crippen molar-refractivity contribution in [1.82, 2.24) is 0 Å². The van der Waals surface area contributed by atoms with Crippen LogP contribution in [0.1, 0.15) is 46.0 Å². The number of nitriles is 1. The zero-order valence-corrected chi connectivity index (χ0v) is 9.08. The smallest absolute Gasteiger partial charge is 0.0861 e. The fourth-order valence-corrected chi connectivity index (χ4v) is 2.83. The molecule has 3 atom stereocenters. The Morgan fingerprint density at radius 1 is 1.21 bits per heavy atom. The molecule has 0 spiro atoms. The summed E-state index contributed by atoms with van der Waals surface area (Å²) >= 11 is 0. The van der Waals surface area contributed by atoms with Crippen LogP contribution in [0.3, 0.4) is 0 Å². The molecule has 0 radical (unpaired) electrons. The predicted octanol–water partition coefficient (Wildman–Crippen LogP) is 2.48. The lowest BCUT2D eigenvalue weighted by Gasteiger charge is -2.42. The molecule has 78 valence electrons. The van der Waals surface area contributed by atoms with Gasteiger partial charge in [-0.1, -0.05) is 13.8 Å². The molecule has 2 saturated carbocycles. The topological polar surface area (TPSA) is 44.0 Å². The van der Waals surface area contributed by atoms with E-state index in [9.17, 15) is 5.11 Å². The minimum absolute atomic E-state index is 0.374. The highest BCUT2D eigenvalue weighted by atomic mass is 16.3. The highest BCUT2D eigenvalue weighted by Crippen LogP contribution is 2.59. The third kappa shape index (κ3) is 1.26. The van der Waals surface area contributed by atoms with Gasteiger partial charge < -0.3 is 5.11 Å². The second-order valence-electron chi connectivity index (χ2n) is 5.42. The predicted molar refractivity (Wildman–Crippen MR) is 54.4 cm³/mol. The van der Waals surface area contributed by atoms with Crippen molar-refractivity contribution in [3.63, 3.8) is 0 Å². The Labute approximate surface area is 85.9 Å². The first-order valence-electron chi connectivity index (χ1n) is 5.67. The Morgan fingerprint density at radius 2 is 1.86 bits per heavy atom. The van der Waals surface area contributed by atoms with Gasteiger partial charge in [0.1, 0.15) is 0 Å². The summed E-state index contributed by atoms with van der Waals surface area (Å²) in [6.45, 7) is 4.44. The normalized spacial score (nSPS) is 45.6. The van der Waals surface area contributed by atoms with Gasteiger partial charge in [0.15, 0.2) is 0 Å². The lowest BCUT2D eigenvalue weighted by atomic mass is 9.67. The van der Waals surface area contributed by atoms with E-state index in [4.69, 9.17) is 5.26 Å². The largest absolute Gasteiger partial charge is 0.388 e. The summed E-state index contributed by atoms with van der Waals surface area (Å²) in [4.78, 5) is 0. The number of hydrogen-bond acceptors (Lipinski definition) is 2. The minimum Gasteiger partial charge on any atom is -0.388 e. The molecule has 2 heteroatoms. The van der Waals surface area contributed by atoms with Crippen molar-refractivity contribution in [2.24, 2.45) is 17.3 Å². The van der Waals surface area contributed by atoms with Crippen LogP contribution in [-0.2, 0) is 0 Å². The summed E-state index contributed by atoms with van der Waals surface area (Å²) in [5.74, 6) is 1.25. The number of nitrogens with zero attached hydrogens (tertiary/aromatic N) is 1. The molecule has 1 N–H and O–H groups in total. The van der Waals surface area contributed by atoms with E-state index in [2.05, 4.69) is 19.9 Å². The molecule has 2 rings (SSSR count). The molecule has 3 unspecified atom stereocenters. The Bertz CT molecular complexity index is 277. The SMILES string of the molecule is CC1CCC(O)(C2(C#N)CC2)CC1C. The van der Waals surface area contributed by atoms with Gasteiger partial charge >= 0.3 is 0 Å². The summed E-state index contributed by atoms with van der Waals surface area (Å²) < 4.78 is 0. The summed E-state index contributed by atoms with van der Waals surface area (Å²) in [7, 11) is 0. The van der Waals surface area contributed by atoms with E-state index in [1.54, 1.807) is 0 Å². The van der Waals surface area contributed by atoms with Crippen molar-refractivity contribution >= 4 is 0 Å². The zero-order chi connectivity index (χ0) is 10.4. The molecule has 2 fully saturated rings. The number of rotatable bonds is 1. The standard InChI is InChI=1S/C12H19NO/c1-9-3-4-12(14,7-10(9)2)11(8-13)5-6-11/h9-10,14H,3-7H2,1-2H3. The first-order valence-corrected chi connectivity index (χ1v) is 5.67. The van der Waals surface area contributed by atoms with Crippen LogP contribution in [0.25, 0.3) is 0 Å². The summed E-state index contributed by atoms with van der Waals surface area (Å²) in [5, 5.41) is 19.6. The monoisotopic (exact) mass is 193 g/mol. The molecule has 2 aliphatic rings. The third-order valence-electron chi connectivity index (χ3n) is 4.50. The molecule has 0 aliphatic heterocycles. The van der Waals surface area contributed by atoms with Crippen LogP contribution in [0.15, 0.2) is 0 Å². The van der Waals surface area contributed by atoms with Gasteiger partial charge in [-0.3, -0.25) is 0 Å². The lowest BCUT2D eigenvalue weighted by Crippen LogP contribution is -2.45. The molecule has 0 bridgehead atoms. The zero-order valence-electron chi connectivity index (χ0n) is 9.08. The van der Waals surface area contributed by atoms with Crippen molar-refractivity contribution < 1.29 is 5.11 Å². The van der Waals surface area contributed by atoms with Crippen LogP contribution in [0.4, 0.5) is 0 Å². The average molecular weight is 193 g/mol. The third-order valence-corrected chi connectivity index (χ3v) is 4.50. The fraction of sp³-hybridized carbons (Fsp3) is 0.917. The molecule has 2 aliphatic carbocycles. The highest BCUT2D eigenvalue weighted by molar-refractivity contribution is 5.21. The van der Waals surface area contributed by atoms with Gasteiger partial charge in [0.05, 0.1) is 17.1 Å². The molecule has 0 aromatic carbocycles. The van der Waals surface area contributed by atoms with Crippen LogP contribution < -0.4 is 0 Å². The van der Waals surface area contributed by atoms with E-state index < -0.39 is 5.60 Å². The quantitative estimate of drug-likeness (QED) is 0.695. The second kappa shape index (κ2) is 2.97. The van der Waals surface area contributed by atoms with Gasteiger partial charge in [0.25, 0.3) is 0 Å². The van der Waals surface area contributed by atoms with E-state index in [0.717, 1.165) is 32.1 Å². The van der Waals surface area contributed by atoms with Crippen molar-refractivity contribution in [2.75, 3.05) is 0 Å². The highest BCUT2D eigenvalue weighted by Gasteiger charge is 2.60. The van der Waals surface area contributed by atoms with Crippen LogP contribution in [0, 0.1) is 28.6 Å². The summed E-state index contributed by atoms with van der Waals surface area (Å²) in [6.07, 6.45) is 4.52. The molecule has 14 heavy (non-hydrogen) atoms. The van der Waals surface area contributed by atoms with Crippen LogP contribution in [0.5, 0.6) is 0 Å². The van der Waals surface area contributed by atoms with Gasteiger partial charge in [-0.05, 0) is 43.9 Å². The molecule has 0 amide bonds. The molecule has 0 aromatic rings. The molecule has 0 heterocycles. The maximum Gasteiger partial charge on any atom is 0.0861 e. The summed E-state index contributed by atoms with van der Waals surface area (Å²) in [5.41, 5.74) is -1.05. The summed E-state index contributed by atoms with van der Waals surface area (Å²) in [6, 6.07) is 2.35. The van der Waals surface area contributed by atoms with Gasteiger partial charge in [-0.25, -0.2) is 0 Å². The first-order chi connectivity index (χ1) is 6.53. The van der Waals surface area contributed by atoms with E-state index in [1.807, 2.05) is 0 Å². The molecular weight excluding hydrogens is 174 g/mol. The van der Waals surface area contributed by atoms with Crippen molar-refractivity contribution in [3.8, 4) is 6.07 Å². The fourth-order valence-electron chi connectivity index (χ4n) is 2.83. The maximum atomic E-state index is 10.5. The average Bonchev–Trinajstić information content (AvgIpc) is 2.93. The van der Waals surface area contributed by atoms with Crippen LogP contribution in [0.2, 0.25) is 0 Å². The van der Waals surface area contributed by atoms with Gasteiger partial charge in [0.2, 0.25) is 0 Å². The van der Waals surface area contributed by atoms with Gasteiger partial charge in [-0.2, -0.15) is 5.26 Å². The van der Waals surface area contributed by atoms with E-state index in [-0.39, 0.29) is 5.41 Å². The Morgan fingerprint density at radius 3 is 2.29 bits per heavy atom. The van der Waals surface area contributed by atoms with Crippen molar-refractivity contribution in [3.05, 3.63) is 0 Å². The van der Waals surface area contributed by atoms with Gasteiger partial charge in [0, 0.05) is 0 Å². The number of hydrogen-bond donors (Lipinski definition) is 1. The van der Waals surface area contributed by atoms with E-state index in [1.165, 1.54) is 0 Å². The Kier molecular flexibility index (Phi) is 2.12. The number of aliphatic hydroxyl groups is 1. The molecule has 2 nitrogen and oxygen atoms in total. The second-order valence-corrected chi connectivity index (χ2v) is 5.42. The minimum atomic E-state index is -0.673. The lowest BCUT2D eigenvalue weighted by molar-refractivity contribution is -0.0683. The Hall–Kier alpha value is -0.550. The van der Waals surface area contributed by atoms with Crippen LogP contribution >= 0.6 is 0 Å². The first kappa shape index (κ1) is 9.98. The van der Waals surface area contributed by atoms with Crippen molar-refractivity contribution in [2.45, 2.75) is 51.6 Å². The Balaban J connectivity index is 2.15.